The zero-order valence-corrected chi connectivity index (χ0v) is 18.6. The number of hydrogen-bond acceptors (Lipinski definition) is 7. The van der Waals surface area contributed by atoms with Gasteiger partial charge >= 0.3 is 0 Å². The predicted molar refractivity (Wildman–Crippen MR) is 120 cm³/mol. The van der Waals surface area contributed by atoms with Crippen molar-refractivity contribution in [2.75, 3.05) is 33.2 Å². The van der Waals surface area contributed by atoms with Gasteiger partial charge in [-0.15, -0.1) is 11.3 Å². The van der Waals surface area contributed by atoms with E-state index in [1.807, 2.05) is 11.4 Å². The molecule has 2 heterocycles. The molecule has 0 aliphatic carbocycles. The highest BCUT2D eigenvalue weighted by Gasteiger charge is 2.18. The fraction of sp³-hybridized carbons (Fsp3) is 0.304. The van der Waals surface area contributed by atoms with Gasteiger partial charge in [0.2, 0.25) is 0 Å². The Hall–Kier alpha value is -3.10. The number of anilines is 1. The van der Waals surface area contributed by atoms with Crippen molar-refractivity contribution in [1.29, 1.82) is 0 Å². The standard InChI is InChI=1S/C23H25N3O4S/c1-28-19-6-4-17-12-26(9-8-15(17)10-19)13-18-14-31-23(24-18)25-22(27)16-5-7-20(29-2)21(11-16)30-3/h4-7,10-11,14H,8-9,12-13H2,1-3H3,(H,24,25,27). The Morgan fingerprint density at radius 1 is 1.06 bits per heavy atom. The van der Waals surface area contributed by atoms with E-state index in [1.54, 1.807) is 39.5 Å². The van der Waals surface area contributed by atoms with Crippen molar-refractivity contribution in [2.45, 2.75) is 19.5 Å². The third-order valence-corrected chi connectivity index (χ3v) is 6.11. The number of amides is 1. The number of nitrogens with one attached hydrogen (secondary N) is 1. The maximum Gasteiger partial charge on any atom is 0.257 e. The summed E-state index contributed by atoms with van der Waals surface area (Å²) in [5.41, 5.74) is 4.10. The summed E-state index contributed by atoms with van der Waals surface area (Å²) in [6, 6.07) is 11.3. The van der Waals surface area contributed by atoms with Gasteiger partial charge in [-0.05, 0) is 47.9 Å². The lowest BCUT2D eigenvalue weighted by Gasteiger charge is -2.28. The highest BCUT2D eigenvalue weighted by molar-refractivity contribution is 7.14. The summed E-state index contributed by atoms with van der Waals surface area (Å²) in [4.78, 5) is 19.6. The average Bonchev–Trinajstić information content (AvgIpc) is 3.24. The number of rotatable bonds is 7. The van der Waals surface area contributed by atoms with Crippen LogP contribution in [0.25, 0.3) is 0 Å². The number of carbonyl (C=O) groups is 1. The molecule has 0 bridgehead atoms. The molecule has 1 amide bonds. The zero-order valence-electron chi connectivity index (χ0n) is 17.8. The van der Waals surface area contributed by atoms with E-state index in [0.29, 0.717) is 22.2 Å². The number of methoxy groups -OCH3 is 3. The topological polar surface area (TPSA) is 72.9 Å². The molecule has 4 rings (SSSR count). The van der Waals surface area contributed by atoms with Gasteiger partial charge in [0.25, 0.3) is 5.91 Å². The molecule has 0 unspecified atom stereocenters. The average molecular weight is 440 g/mol. The molecule has 1 aliphatic rings. The summed E-state index contributed by atoms with van der Waals surface area (Å²) in [7, 11) is 4.80. The molecule has 1 aromatic heterocycles. The molecule has 3 aromatic rings. The van der Waals surface area contributed by atoms with Crippen molar-refractivity contribution in [2.24, 2.45) is 0 Å². The second-order valence-corrected chi connectivity index (χ2v) is 8.12. The Labute approximate surface area is 185 Å². The van der Waals surface area contributed by atoms with Crippen LogP contribution in [0.4, 0.5) is 5.13 Å². The molecule has 2 aromatic carbocycles. The summed E-state index contributed by atoms with van der Waals surface area (Å²) in [6.07, 6.45) is 0.986. The van der Waals surface area contributed by atoms with E-state index in [0.717, 1.165) is 37.5 Å². The molecule has 0 saturated heterocycles. The third kappa shape index (κ3) is 4.81. The monoisotopic (exact) mass is 439 g/mol. The molecule has 7 nitrogen and oxygen atoms in total. The molecular formula is C23H25N3O4S. The lowest BCUT2D eigenvalue weighted by molar-refractivity contribution is 0.102. The number of hydrogen-bond donors (Lipinski definition) is 1. The smallest absolute Gasteiger partial charge is 0.257 e. The van der Waals surface area contributed by atoms with Crippen molar-refractivity contribution in [3.8, 4) is 17.2 Å². The first-order chi connectivity index (χ1) is 15.1. The predicted octanol–water partition coefficient (Wildman–Crippen LogP) is 3.98. The van der Waals surface area contributed by atoms with E-state index in [-0.39, 0.29) is 5.91 Å². The first-order valence-corrected chi connectivity index (χ1v) is 10.8. The molecule has 0 saturated carbocycles. The van der Waals surface area contributed by atoms with Crippen LogP contribution in [0.3, 0.4) is 0 Å². The van der Waals surface area contributed by atoms with Crippen LogP contribution in [0, 0.1) is 0 Å². The number of carbonyl (C=O) groups excluding carboxylic acids is 1. The Kier molecular flexibility index (Phi) is 6.39. The quantitative estimate of drug-likeness (QED) is 0.600. The van der Waals surface area contributed by atoms with Crippen LogP contribution in [0.1, 0.15) is 27.2 Å². The molecule has 162 valence electrons. The minimum Gasteiger partial charge on any atom is -0.497 e. The van der Waals surface area contributed by atoms with Gasteiger partial charge < -0.3 is 14.2 Å². The van der Waals surface area contributed by atoms with Gasteiger partial charge in [0.15, 0.2) is 16.6 Å². The van der Waals surface area contributed by atoms with Crippen LogP contribution in [0.15, 0.2) is 41.8 Å². The minimum absolute atomic E-state index is 0.234. The van der Waals surface area contributed by atoms with Gasteiger partial charge in [0.05, 0.1) is 27.0 Å². The number of fused-ring (bicyclic) bond motifs is 1. The number of aromatic nitrogens is 1. The normalized spacial score (nSPS) is 13.4. The maximum atomic E-state index is 12.6. The fourth-order valence-corrected chi connectivity index (χ4v) is 4.36. The summed E-state index contributed by atoms with van der Waals surface area (Å²) in [5.74, 6) is 1.76. The van der Waals surface area contributed by atoms with Crippen molar-refractivity contribution in [3.63, 3.8) is 0 Å². The Balaban J connectivity index is 1.38. The highest BCUT2D eigenvalue weighted by Crippen LogP contribution is 2.29. The second-order valence-electron chi connectivity index (χ2n) is 7.26. The summed E-state index contributed by atoms with van der Waals surface area (Å²) in [6.45, 7) is 2.59. The minimum atomic E-state index is -0.234. The molecule has 0 fully saturated rings. The first-order valence-electron chi connectivity index (χ1n) is 9.95. The largest absolute Gasteiger partial charge is 0.497 e. The van der Waals surface area contributed by atoms with Crippen LogP contribution < -0.4 is 19.5 Å². The van der Waals surface area contributed by atoms with E-state index in [9.17, 15) is 4.79 Å². The lowest BCUT2D eigenvalue weighted by atomic mass is 9.99. The summed E-state index contributed by atoms with van der Waals surface area (Å²) >= 11 is 1.43. The first kappa shape index (κ1) is 21.1. The Morgan fingerprint density at radius 2 is 1.90 bits per heavy atom. The third-order valence-electron chi connectivity index (χ3n) is 5.31. The van der Waals surface area contributed by atoms with E-state index < -0.39 is 0 Å². The summed E-state index contributed by atoms with van der Waals surface area (Å²) < 4.78 is 15.8. The Morgan fingerprint density at radius 3 is 2.68 bits per heavy atom. The van der Waals surface area contributed by atoms with Crippen LogP contribution in [-0.2, 0) is 19.5 Å². The van der Waals surface area contributed by atoms with Gasteiger partial charge in [-0.2, -0.15) is 0 Å². The molecule has 0 atom stereocenters. The van der Waals surface area contributed by atoms with Crippen LogP contribution >= 0.6 is 11.3 Å². The fourth-order valence-electron chi connectivity index (χ4n) is 3.66. The number of nitrogens with zero attached hydrogens (tertiary/aromatic N) is 2. The molecular weight excluding hydrogens is 414 g/mol. The summed E-state index contributed by atoms with van der Waals surface area (Å²) in [5, 5.41) is 5.45. The van der Waals surface area contributed by atoms with Gasteiger partial charge in [0.1, 0.15) is 5.75 Å². The van der Waals surface area contributed by atoms with Gasteiger partial charge in [0, 0.05) is 30.6 Å². The van der Waals surface area contributed by atoms with Crippen molar-refractivity contribution in [1.82, 2.24) is 9.88 Å². The van der Waals surface area contributed by atoms with Crippen LogP contribution in [0.2, 0.25) is 0 Å². The maximum absolute atomic E-state index is 12.6. The van der Waals surface area contributed by atoms with E-state index in [2.05, 4.69) is 27.3 Å². The van der Waals surface area contributed by atoms with Crippen molar-refractivity contribution < 1.29 is 19.0 Å². The van der Waals surface area contributed by atoms with E-state index >= 15 is 0 Å². The highest BCUT2D eigenvalue weighted by atomic mass is 32.1. The number of benzene rings is 2. The van der Waals surface area contributed by atoms with E-state index in [1.165, 1.54) is 22.5 Å². The zero-order chi connectivity index (χ0) is 21.8. The number of ether oxygens (including phenoxy) is 3. The molecule has 1 aliphatic heterocycles. The van der Waals surface area contributed by atoms with Gasteiger partial charge in [-0.3, -0.25) is 15.0 Å². The molecule has 0 radical (unpaired) electrons. The number of thiazole rings is 1. The van der Waals surface area contributed by atoms with Gasteiger partial charge in [-0.1, -0.05) is 6.07 Å². The molecule has 1 N–H and O–H groups in total. The van der Waals surface area contributed by atoms with E-state index in [4.69, 9.17) is 14.2 Å². The molecule has 31 heavy (non-hydrogen) atoms. The Bertz CT molecular complexity index is 1080. The van der Waals surface area contributed by atoms with Crippen molar-refractivity contribution >= 4 is 22.4 Å². The SMILES string of the molecule is COc1ccc2c(c1)CCN(Cc1csc(NC(=O)c3ccc(OC)c(OC)c3)n1)C2. The van der Waals surface area contributed by atoms with Crippen LogP contribution in [-0.4, -0.2) is 43.7 Å². The second kappa shape index (κ2) is 9.36. The van der Waals surface area contributed by atoms with Crippen LogP contribution in [0.5, 0.6) is 17.2 Å². The van der Waals surface area contributed by atoms with Gasteiger partial charge in [-0.25, -0.2) is 4.98 Å². The lowest BCUT2D eigenvalue weighted by Crippen LogP contribution is -2.30. The van der Waals surface area contributed by atoms with Crippen molar-refractivity contribution in [3.05, 3.63) is 64.2 Å². The molecule has 0 spiro atoms. The molecule has 8 heteroatoms.